The summed E-state index contributed by atoms with van der Waals surface area (Å²) in [6.07, 6.45) is 1.64. The van der Waals surface area contributed by atoms with Crippen LogP contribution in [0, 0.1) is 6.92 Å². The Morgan fingerprint density at radius 2 is 1.96 bits per heavy atom. The lowest BCUT2D eigenvalue weighted by molar-refractivity contribution is 0.240. The normalized spacial score (nSPS) is 15.8. The van der Waals surface area contributed by atoms with Gasteiger partial charge >= 0.3 is 0 Å². The van der Waals surface area contributed by atoms with Crippen molar-refractivity contribution in [1.29, 1.82) is 0 Å². The van der Waals surface area contributed by atoms with Gasteiger partial charge in [0.2, 0.25) is 5.89 Å². The average Bonchev–Trinajstić information content (AvgIpc) is 3.07. The molecule has 0 amide bonds. The van der Waals surface area contributed by atoms with Crippen LogP contribution in [-0.2, 0) is 6.54 Å². The van der Waals surface area contributed by atoms with Crippen molar-refractivity contribution in [2.75, 3.05) is 31.1 Å². The first-order chi connectivity index (χ1) is 13.0. The Balaban J connectivity index is 1.47. The largest absolute Gasteiger partial charge is 0.369 e. The van der Waals surface area contributed by atoms with Crippen LogP contribution in [-0.4, -0.2) is 50.8 Å². The standard InChI is InChI=1S/C19H24N6O2/c1-13(2)25-12-20-17-10-15(4-5-16(17)19(25)26)24-8-6-23(7-9-24)11-18-21-14(3)27-22-18/h4-5,10,12-13H,6-9,11H2,1-3H3. The van der Waals surface area contributed by atoms with E-state index >= 15 is 0 Å². The van der Waals surface area contributed by atoms with Crippen LogP contribution >= 0.6 is 0 Å². The number of hydrogen-bond donors (Lipinski definition) is 0. The number of rotatable bonds is 4. The van der Waals surface area contributed by atoms with E-state index < -0.39 is 0 Å². The molecule has 2 aromatic heterocycles. The smallest absolute Gasteiger partial charge is 0.261 e. The molecule has 142 valence electrons. The van der Waals surface area contributed by atoms with Gasteiger partial charge in [0, 0.05) is 44.8 Å². The number of hydrogen-bond acceptors (Lipinski definition) is 7. The van der Waals surface area contributed by atoms with Gasteiger partial charge in [-0.25, -0.2) is 4.98 Å². The van der Waals surface area contributed by atoms with Gasteiger partial charge in [0.05, 0.1) is 23.8 Å². The molecule has 0 spiro atoms. The molecule has 1 aromatic carbocycles. The van der Waals surface area contributed by atoms with Crippen LogP contribution < -0.4 is 10.5 Å². The fourth-order valence-corrected chi connectivity index (χ4v) is 3.46. The molecule has 8 nitrogen and oxygen atoms in total. The van der Waals surface area contributed by atoms with E-state index in [0.29, 0.717) is 17.8 Å². The zero-order chi connectivity index (χ0) is 19.0. The molecule has 3 heterocycles. The van der Waals surface area contributed by atoms with Crippen molar-refractivity contribution in [3.05, 3.63) is 46.6 Å². The van der Waals surface area contributed by atoms with Gasteiger partial charge in [-0.3, -0.25) is 14.3 Å². The van der Waals surface area contributed by atoms with Crippen molar-refractivity contribution in [2.45, 2.75) is 33.4 Å². The van der Waals surface area contributed by atoms with Crippen molar-refractivity contribution >= 4 is 16.6 Å². The Morgan fingerprint density at radius 3 is 2.63 bits per heavy atom. The molecule has 0 saturated carbocycles. The molecule has 0 bridgehead atoms. The van der Waals surface area contributed by atoms with Gasteiger partial charge in [0.1, 0.15) is 0 Å². The number of fused-ring (bicyclic) bond motifs is 1. The number of aryl methyl sites for hydroxylation is 1. The zero-order valence-corrected chi connectivity index (χ0v) is 15.9. The van der Waals surface area contributed by atoms with E-state index in [9.17, 15) is 4.79 Å². The Kier molecular flexibility index (Phi) is 4.65. The maximum Gasteiger partial charge on any atom is 0.261 e. The van der Waals surface area contributed by atoms with Crippen molar-refractivity contribution < 1.29 is 4.52 Å². The van der Waals surface area contributed by atoms with Gasteiger partial charge < -0.3 is 9.42 Å². The van der Waals surface area contributed by atoms with Crippen molar-refractivity contribution in [1.82, 2.24) is 24.6 Å². The molecule has 0 atom stereocenters. The molecule has 1 aliphatic heterocycles. The van der Waals surface area contributed by atoms with Crippen molar-refractivity contribution in [2.24, 2.45) is 0 Å². The first-order valence-electron chi connectivity index (χ1n) is 9.28. The summed E-state index contributed by atoms with van der Waals surface area (Å²) >= 11 is 0. The molecule has 0 unspecified atom stereocenters. The molecule has 8 heteroatoms. The van der Waals surface area contributed by atoms with Crippen LogP contribution in [0.3, 0.4) is 0 Å². The SMILES string of the molecule is Cc1nc(CN2CCN(c3ccc4c(=O)n(C(C)C)cnc4c3)CC2)no1. The molecule has 0 aliphatic carbocycles. The molecular formula is C19H24N6O2. The monoisotopic (exact) mass is 368 g/mol. The third-order valence-electron chi connectivity index (χ3n) is 5.00. The Hall–Kier alpha value is -2.74. The summed E-state index contributed by atoms with van der Waals surface area (Å²) in [6, 6.07) is 6.03. The number of anilines is 1. The molecule has 0 N–H and O–H groups in total. The van der Waals surface area contributed by atoms with Crippen molar-refractivity contribution in [3.8, 4) is 0 Å². The van der Waals surface area contributed by atoms with E-state index in [1.54, 1.807) is 17.8 Å². The van der Waals surface area contributed by atoms with Gasteiger partial charge in [-0.2, -0.15) is 4.98 Å². The van der Waals surface area contributed by atoms with Crippen molar-refractivity contribution in [3.63, 3.8) is 0 Å². The summed E-state index contributed by atoms with van der Waals surface area (Å²) < 4.78 is 6.70. The molecule has 1 aliphatic rings. The highest BCUT2D eigenvalue weighted by atomic mass is 16.5. The Bertz CT molecular complexity index is 1000. The fourth-order valence-electron chi connectivity index (χ4n) is 3.46. The molecule has 1 fully saturated rings. The predicted molar refractivity (Wildman–Crippen MR) is 103 cm³/mol. The molecule has 27 heavy (non-hydrogen) atoms. The summed E-state index contributed by atoms with van der Waals surface area (Å²) in [5.41, 5.74) is 1.87. The highest BCUT2D eigenvalue weighted by molar-refractivity contribution is 5.81. The predicted octanol–water partition coefficient (Wildman–Crippen LogP) is 1.99. The van der Waals surface area contributed by atoms with Crippen LogP contribution in [0.1, 0.15) is 31.6 Å². The van der Waals surface area contributed by atoms with Crippen LogP contribution in [0.25, 0.3) is 10.9 Å². The van der Waals surface area contributed by atoms with Gasteiger partial charge in [0.15, 0.2) is 5.82 Å². The first-order valence-corrected chi connectivity index (χ1v) is 9.28. The number of aromatic nitrogens is 4. The second-order valence-electron chi connectivity index (χ2n) is 7.25. The Morgan fingerprint density at radius 1 is 1.19 bits per heavy atom. The molecule has 4 rings (SSSR count). The molecule has 1 saturated heterocycles. The van der Waals surface area contributed by atoms with Crippen LogP contribution in [0.4, 0.5) is 5.69 Å². The lowest BCUT2D eigenvalue weighted by Crippen LogP contribution is -2.46. The quantitative estimate of drug-likeness (QED) is 0.697. The van der Waals surface area contributed by atoms with Gasteiger partial charge in [-0.05, 0) is 32.0 Å². The summed E-state index contributed by atoms with van der Waals surface area (Å²) in [5.74, 6) is 1.33. The lowest BCUT2D eigenvalue weighted by atomic mass is 10.2. The topological polar surface area (TPSA) is 80.3 Å². The maximum atomic E-state index is 12.6. The summed E-state index contributed by atoms with van der Waals surface area (Å²) in [5, 5.41) is 4.64. The van der Waals surface area contributed by atoms with E-state index in [1.807, 2.05) is 32.0 Å². The second-order valence-corrected chi connectivity index (χ2v) is 7.25. The third kappa shape index (κ3) is 3.57. The van der Waals surface area contributed by atoms with E-state index in [2.05, 4.69) is 24.9 Å². The minimum atomic E-state index is 0.0155. The van der Waals surface area contributed by atoms with E-state index in [4.69, 9.17) is 4.52 Å². The number of piperazine rings is 1. The fraction of sp³-hybridized carbons (Fsp3) is 0.474. The summed E-state index contributed by atoms with van der Waals surface area (Å²) in [7, 11) is 0. The minimum absolute atomic E-state index is 0.0155. The highest BCUT2D eigenvalue weighted by Gasteiger charge is 2.19. The molecule has 0 radical (unpaired) electrons. The van der Waals surface area contributed by atoms with Gasteiger partial charge in [0.25, 0.3) is 5.56 Å². The summed E-state index contributed by atoms with van der Waals surface area (Å²) in [4.78, 5) is 26.0. The summed E-state index contributed by atoms with van der Waals surface area (Å²) in [6.45, 7) is 10.1. The minimum Gasteiger partial charge on any atom is -0.369 e. The maximum absolute atomic E-state index is 12.6. The first kappa shape index (κ1) is 17.7. The van der Waals surface area contributed by atoms with Crippen LogP contribution in [0.5, 0.6) is 0 Å². The molecular weight excluding hydrogens is 344 g/mol. The third-order valence-corrected chi connectivity index (χ3v) is 5.00. The number of benzene rings is 1. The van der Waals surface area contributed by atoms with E-state index in [-0.39, 0.29) is 11.6 Å². The number of nitrogens with zero attached hydrogens (tertiary/aromatic N) is 6. The van der Waals surface area contributed by atoms with E-state index in [0.717, 1.165) is 43.2 Å². The zero-order valence-electron chi connectivity index (χ0n) is 15.9. The average molecular weight is 368 g/mol. The Labute approximate surface area is 157 Å². The highest BCUT2D eigenvalue weighted by Crippen LogP contribution is 2.21. The van der Waals surface area contributed by atoms with E-state index in [1.165, 1.54) is 0 Å². The van der Waals surface area contributed by atoms with Crippen LogP contribution in [0.15, 0.2) is 33.8 Å². The van der Waals surface area contributed by atoms with Gasteiger partial charge in [-0.15, -0.1) is 0 Å². The lowest BCUT2D eigenvalue weighted by Gasteiger charge is -2.35. The van der Waals surface area contributed by atoms with Gasteiger partial charge in [-0.1, -0.05) is 5.16 Å². The second kappa shape index (κ2) is 7.11. The molecule has 3 aromatic rings. The van der Waals surface area contributed by atoms with Crippen LogP contribution in [0.2, 0.25) is 0 Å².